The van der Waals surface area contributed by atoms with Gasteiger partial charge in [0.1, 0.15) is 12.4 Å². The van der Waals surface area contributed by atoms with Crippen molar-refractivity contribution in [3.05, 3.63) is 64.7 Å². The Morgan fingerprint density at radius 2 is 1.68 bits per heavy atom. The van der Waals surface area contributed by atoms with E-state index in [1.165, 1.54) is 22.3 Å². The van der Waals surface area contributed by atoms with Gasteiger partial charge >= 0.3 is 0 Å². The van der Waals surface area contributed by atoms with E-state index in [-0.39, 0.29) is 0 Å². The van der Waals surface area contributed by atoms with Gasteiger partial charge in [-0.25, -0.2) is 0 Å². The minimum atomic E-state index is 0.613. The molecule has 2 aromatic carbocycles. The Morgan fingerprint density at radius 3 is 2.42 bits per heavy atom. The molecule has 19 heavy (non-hydrogen) atoms. The van der Waals surface area contributed by atoms with Crippen molar-refractivity contribution in [2.24, 2.45) is 0 Å². The average Bonchev–Trinajstić information content (AvgIpc) is 2.42. The van der Waals surface area contributed by atoms with Crippen LogP contribution in [0, 0.1) is 13.8 Å². The predicted molar refractivity (Wildman–Crippen MR) is 79.5 cm³/mol. The van der Waals surface area contributed by atoms with Crippen LogP contribution in [0.25, 0.3) is 0 Å². The van der Waals surface area contributed by atoms with Crippen LogP contribution < -0.4 is 10.1 Å². The highest BCUT2D eigenvalue weighted by Gasteiger charge is 2.04. The summed E-state index contributed by atoms with van der Waals surface area (Å²) in [5, 5.41) is 3.19. The topological polar surface area (TPSA) is 21.3 Å². The second-order valence-electron chi connectivity index (χ2n) is 4.79. The second-order valence-corrected chi connectivity index (χ2v) is 4.79. The van der Waals surface area contributed by atoms with E-state index in [9.17, 15) is 0 Å². The molecule has 0 spiro atoms. The Balaban J connectivity index is 2.12. The number of hydrogen-bond acceptors (Lipinski definition) is 2. The zero-order chi connectivity index (χ0) is 13.7. The molecule has 0 saturated carbocycles. The molecule has 0 heterocycles. The Bertz CT molecular complexity index is 549. The Morgan fingerprint density at radius 1 is 0.947 bits per heavy atom. The molecule has 0 radical (unpaired) electrons. The van der Waals surface area contributed by atoms with E-state index in [4.69, 9.17) is 4.74 Å². The summed E-state index contributed by atoms with van der Waals surface area (Å²) in [7, 11) is 1.96. The lowest BCUT2D eigenvalue weighted by Gasteiger charge is -2.13. The van der Waals surface area contributed by atoms with E-state index in [1.54, 1.807) is 0 Å². The molecule has 2 heteroatoms. The molecule has 0 fully saturated rings. The molecule has 0 unspecified atom stereocenters. The van der Waals surface area contributed by atoms with Crippen LogP contribution in [-0.2, 0) is 13.2 Å². The summed E-state index contributed by atoms with van der Waals surface area (Å²) in [5.41, 5.74) is 5.00. The quantitative estimate of drug-likeness (QED) is 0.881. The minimum Gasteiger partial charge on any atom is -0.489 e. The SMILES string of the molecule is CNCc1ccccc1COc1cccc(C)c1C. The lowest BCUT2D eigenvalue weighted by Crippen LogP contribution is -2.09. The van der Waals surface area contributed by atoms with Crippen LogP contribution in [0.4, 0.5) is 0 Å². The van der Waals surface area contributed by atoms with Crippen LogP contribution in [0.5, 0.6) is 5.75 Å². The van der Waals surface area contributed by atoms with Crippen molar-refractivity contribution < 1.29 is 4.74 Å². The normalized spacial score (nSPS) is 10.5. The highest BCUT2D eigenvalue weighted by molar-refractivity contribution is 5.38. The Hall–Kier alpha value is -1.80. The average molecular weight is 255 g/mol. The molecule has 2 aromatic rings. The lowest BCUT2D eigenvalue weighted by atomic mass is 10.1. The zero-order valence-corrected chi connectivity index (χ0v) is 11.9. The fraction of sp³-hybridized carbons (Fsp3) is 0.294. The van der Waals surface area contributed by atoms with E-state index in [0.717, 1.165) is 12.3 Å². The van der Waals surface area contributed by atoms with E-state index in [0.29, 0.717) is 6.61 Å². The molecule has 0 saturated heterocycles. The number of aryl methyl sites for hydroxylation is 1. The van der Waals surface area contributed by atoms with Gasteiger partial charge in [0.15, 0.2) is 0 Å². The van der Waals surface area contributed by atoms with Crippen LogP contribution in [0.2, 0.25) is 0 Å². The standard InChI is InChI=1S/C17H21NO/c1-13-7-6-10-17(14(13)2)19-12-16-9-5-4-8-15(16)11-18-3/h4-10,18H,11-12H2,1-3H3. The van der Waals surface area contributed by atoms with Crippen molar-refractivity contribution >= 4 is 0 Å². The van der Waals surface area contributed by atoms with E-state index >= 15 is 0 Å². The van der Waals surface area contributed by atoms with Gasteiger partial charge in [0, 0.05) is 6.54 Å². The van der Waals surface area contributed by atoms with Gasteiger partial charge in [-0.05, 0) is 49.2 Å². The Kier molecular flexibility index (Phi) is 4.58. The maximum atomic E-state index is 5.96. The molecule has 1 N–H and O–H groups in total. The fourth-order valence-corrected chi connectivity index (χ4v) is 2.10. The molecular weight excluding hydrogens is 234 g/mol. The number of rotatable bonds is 5. The number of nitrogens with one attached hydrogen (secondary N) is 1. The van der Waals surface area contributed by atoms with Crippen LogP contribution in [0.3, 0.4) is 0 Å². The molecule has 0 bridgehead atoms. The lowest BCUT2D eigenvalue weighted by molar-refractivity contribution is 0.302. The number of hydrogen-bond donors (Lipinski definition) is 1. The molecule has 2 rings (SSSR count). The van der Waals surface area contributed by atoms with Crippen LogP contribution in [0.1, 0.15) is 22.3 Å². The van der Waals surface area contributed by atoms with Crippen molar-refractivity contribution in [3.63, 3.8) is 0 Å². The first-order valence-corrected chi connectivity index (χ1v) is 6.62. The summed E-state index contributed by atoms with van der Waals surface area (Å²) in [4.78, 5) is 0. The highest BCUT2D eigenvalue weighted by atomic mass is 16.5. The van der Waals surface area contributed by atoms with Gasteiger partial charge in [0.25, 0.3) is 0 Å². The van der Waals surface area contributed by atoms with Crippen LogP contribution >= 0.6 is 0 Å². The third kappa shape index (κ3) is 3.36. The molecule has 2 nitrogen and oxygen atoms in total. The van der Waals surface area contributed by atoms with Crippen LogP contribution in [-0.4, -0.2) is 7.05 Å². The molecule has 0 aliphatic heterocycles. The number of benzene rings is 2. The summed E-state index contributed by atoms with van der Waals surface area (Å²) >= 11 is 0. The van der Waals surface area contributed by atoms with Gasteiger partial charge in [-0.1, -0.05) is 36.4 Å². The van der Waals surface area contributed by atoms with E-state index in [2.05, 4.69) is 49.5 Å². The number of ether oxygens (including phenoxy) is 1. The maximum absolute atomic E-state index is 5.96. The van der Waals surface area contributed by atoms with Gasteiger partial charge in [0.05, 0.1) is 0 Å². The summed E-state index contributed by atoms with van der Waals surface area (Å²) in [6, 6.07) is 14.6. The molecule has 0 aromatic heterocycles. The highest BCUT2D eigenvalue weighted by Crippen LogP contribution is 2.22. The first kappa shape index (κ1) is 13.6. The Labute approximate surface area is 115 Å². The molecular formula is C17H21NO. The van der Waals surface area contributed by atoms with Gasteiger partial charge in [-0.3, -0.25) is 0 Å². The van der Waals surface area contributed by atoms with Crippen molar-refractivity contribution in [3.8, 4) is 5.75 Å². The van der Waals surface area contributed by atoms with Gasteiger partial charge in [-0.15, -0.1) is 0 Å². The summed E-state index contributed by atoms with van der Waals surface area (Å²) in [6.07, 6.45) is 0. The fourth-order valence-electron chi connectivity index (χ4n) is 2.10. The monoisotopic (exact) mass is 255 g/mol. The van der Waals surface area contributed by atoms with Gasteiger partial charge in [0.2, 0.25) is 0 Å². The molecule has 0 aliphatic carbocycles. The summed E-state index contributed by atoms with van der Waals surface area (Å²) in [6.45, 7) is 5.69. The summed E-state index contributed by atoms with van der Waals surface area (Å²) < 4.78 is 5.96. The van der Waals surface area contributed by atoms with E-state index < -0.39 is 0 Å². The largest absolute Gasteiger partial charge is 0.489 e. The minimum absolute atomic E-state index is 0.613. The maximum Gasteiger partial charge on any atom is 0.122 e. The van der Waals surface area contributed by atoms with Crippen molar-refractivity contribution in [2.75, 3.05) is 7.05 Å². The smallest absolute Gasteiger partial charge is 0.122 e. The molecule has 100 valence electrons. The first-order valence-electron chi connectivity index (χ1n) is 6.62. The van der Waals surface area contributed by atoms with Crippen LogP contribution in [0.15, 0.2) is 42.5 Å². The first-order chi connectivity index (χ1) is 9.22. The third-order valence-electron chi connectivity index (χ3n) is 3.42. The zero-order valence-electron chi connectivity index (χ0n) is 11.9. The summed E-state index contributed by atoms with van der Waals surface area (Å²) in [5.74, 6) is 0.972. The van der Waals surface area contributed by atoms with Crippen molar-refractivity contribution in [2.45, 2.75) is 27.0 Å². The van der Waals surface area contributed by atoms with E-state index in [1.807, 2.05) is 19.2 Å². The van der Waals surface area contributed by atoms with Crippen molar-refractivity contribution in [1.82, 2.24) is 5.32 Å². The van der Waals surface area contributed by atoms with Gasteiger partial charge < -0.3 is 10.1 Å². The van der Waals surface area contributed by atoms with Gasteiger partial charge in [-0.2, -0.15) is 0 Å². The molecule has 0 aliphatic rings. The van der Waals surface area contributed by atoms with Crippen molar-refractivity contribution in [1.29, 1.82) is 0 Å². The second kappa shape index (κ2) is 6.39. The predicted octanol–water partition coefficient (Wildman–Crippen LogP) is 3.60. The molecule has 0 atom stereocenters. The third-order valence-corrected chi connectivity index (χ3v) is 3.42. The molecule has 0 amide bonds.